The van der Waals surface area contributed by atoms with Gasteiger partial charge in [0.2, 0.25) is 5.91 Å². The summed E-state index contributed by atoms with van der Waals surface area (Å²) in [5.74, 6) is -0.317. The number of piperidine rings is 1. The van der Waals surface area contributed by atoms with Gasteiger partial charge < -0.3 is 9.64 Å². The van der Waals surface area contributed by atoms with Gasteiger partial charge in [-0.25, -0.2) is 4.79 Å². The molecular weight excluding hydrogens is 182 g/mol. The summed E-state index contributed by atoms with van der Waals surface area (Å²) in [6.45, 7) is 2.81. The third-order valence-corrected chi connectivity index (χ3v) is 2.04. The van der Waals surface area contributed by atoms with Crippen LogP contribution in [0.4, 0.5) is 0 Å². The summed E-state index contributed by atoms with van der Waals surface area (Å²) in [4.78, 5) is 23.8. The van der Waals surface area contributed by atoms with Crippen molar-refractivity contribution in [3.05, 3.63) is 12.3 Å². The number of rotatable bonds is 3. The maximum atomic E-state index is 11.3. The van der Waals surface area contributed by atoms with Crippen molar-refractivity contribution in [3.8, 4) is 0 Å². The summed E-state index contributed by atoms with van der Waals surface area (Å²) in [6.07, 6.45) is 5.33. The number of hydrogen-bond donors (Lipinski definition) is 0. The van der Waals surface area contributed by atoms with Crippen molar-refractivity contribution in [2.24, 2.45) is 0 Å². The largest absolute Gasteiger partial charge is 0.463 e. The number of carbonyl (C=O) groups excluding carboxylic acids is 2. The molecule has 0 unspecified atom stereocenters. The molecule has 0 bridgehead atoms. The first kappa shape index (κ1) is 10.8. The predicted octanol–water partition coefficient (Wildman–Crippen LogP) is 1.08. The van der Waals surface area contributed by atoms with Crippen molar-refractivity contribution < 1.29 is 14.3 Å². The van der Waals surface area contributed by atoms with Crippen molar-refractivity contribution in [2.75, 3.05) is 13.2 Å². The summed E-state index contributed by atoms with van der Waals surface area (Å²) in [5.41, 5.74) is 0. The van der Waals surface area contributed by atoms with Crippen molar-refractivity contribution in [2.45, 2.75) is 26.2 Å². The van der Waals surface area contributed by atoms with Crippen LogP contribution in [0.25, 0.3) is 0 Å². The van der Waals surface area contributed by atoms with Crippen LogP contribution in [-0.2, 0) is 14.3 Å². The zero-order chi connectivity index (χ0) is 10.4. The fourth-order valence-electron chi connectivity index (χ4n) is 1.33. The van der Waals surface area contributed by atoms with Crippen LogP contribution in [0.1, 0.15) is 26.2 Å². The molecule has 14 heavy (non-hydrogen) atoms. The lowest BCUT2D eigenvalue weighted by Crippen LogP contribution is -2.30. The second-order valence-electron chi connectivity index (χ2n) is 3.11. The van der Waals surface area contributed by atoms with Gasteiger partial charge in [-0.15, -0.1) is 0 Å². The predicted molar refractivity (Wildman–Crippen MR) is 51.3 cm³/mol. The minimum Gasteiger partial charge on any atom is -0.463 e. The molecule has 4 heteroatoms. The minimum absolute atomic E-state index is 0.0804. The van der Waals surface area contributed by atoms with E-state index in [9.17, 15) is 9.59 Å². The lowest BCUT2D eigenvalue weighted by atomic mass is 10.1. The van der Waals surface area contributed by atoms with Gasteiger partial charge in [0.15, 0.2) is 0 Å². The molecule has 0 spiro atoms. The molecule has 1 saturated heterocycles. The third kappa shape index (κ3) is 3.20. The Morgan fingerprint density at radius 1 is 1.57 bits per heavy atom. The van der Waals surface area contributed by atoms with Crippen LogP contribution in [0.15, 0.2) is 12.3 Å². The van der Waals surface area contributed by atoms with Crippen molar-refractivity contribution in [3.63, 3.8) is 0 Å². The summed E-state index contributed by atoms with van der Waals surface area (Å²) < 4.78 is 4.70. The van der Waals surface area contributed by atoms with E-state index in [-0.39, 0.29) is 5.91 Å². The Morgan fingerprint density at radius 2 is 2.36 bits per heavy atom. The first-order chi connectivity index (χ1) is 6.74. The number of nitrogens with zero attached hydrogens (tertiary/aromatic N) is 1. The topological polar surface area (TPSA) is 46.6 Å². The highest BCUT2D eigenvalue weighted by Crippen LogP contribution is 2.10. The monoisotopic (exact) mass is 197 g/mol. The summed E-state index contributed by atoms with van der Waals surface area (Å²) in [5, 5.41) is 0. The molecule has 0 radical (unpaired) electrons. The van der Waals surface area contributed by atoms with E-state index in [4.69, 9.17) is 4.74 Å². The molecule has 1 amide bonds. The lowest BCUT2D eigenvalue weighted by molar-refractivity contribution is -0.137. The van der Waals surface area contributed by atoms with E-state index in [2.05, 4.69) is 0 Å². The molecule has 1 fully saturated rings. The average molecular weight is 197 g/mol. The molecule has 0 saturated carbocycles. The Morgan fingerprint density at radius 3 is 3.00 bits per heavy atom. The summed E-state index contributed by atoms with van der Waals surface area (Å²) in [7, 11) is 0. The molecular formula is C10H15NO3. The van der Waals surface area contributed by atoms with Gasteiger partial charge in [-0.05, 0) is 19.8 Å². The van der Waals surface area contributed by atoms with Gasteiger partial charge in [0.1, 0.15) is 0 Å². The van der Waals surface area contributed by atoms with E-state index < -0.39 is 5.97 Å². The van der Waals surface area contributed by atoms with Crippen LogP contribution in [0.3, 0.4) is 0 Å². The van der Waals surface area contributed by atoms with Crippen LogP contribution in [0.5, 0.6) is 0 Å². The van der Waals surface area contributed by atoms with Crippen molar-refractivity contribution in [1.29, 1.82) is 0 Å². The van der Waals surface area contributed by atoms with E-state index in [1.165, 1.54) is 12.3 Å². The Kier molecular flexibility index (Phi) is 4.16. The summed E-state index contributed by atoms with van der Waals surface area (Å²) >= 11 is 0. The van der Waals surface area contributed by atoms with Crippen molar-refractivity contribution in [1.82, 2.24) is 4.90 Å². The van der Waals surface area contributed by atoms with Gasteiger partial charge in [0, 0.05) is 25.2 Å². The van der Waals surface area contributed by atoms with Gasteiger partial charge in [-0.3, -0.25) is 4.79 Å². The molecule has 0 aromatic rings. The first-order valence-electron chi connectivity index (χ1n) is 4.88. The average Bonchev–Trinajstić information content (AvgIpc) is 2.17. The molecule has 78 valence electrons. The highest BCUT2D eigenvalue weighted by atomic mass is 16.5. The molecule has 0 atom stereocenters. The van der Waals surface area contributed by atoms with Gasteiger partial charge in [0.25, 0.3) is 0 Å². The second-order valence-corrected chi connectivity index (χ2v) is 3.11. The van der Waals surface area contributed by atoms with Gasteiger partial charge in [-0.1, -0.05) is 0 Å². The van der Waals surface area contributed by atoms with Gasteiger partial charge >= 0.3 is 5.97 Å². The van der Waals surface area contributed by atoms with Crippen molar-refractivity contribution >= 4 is 11.9 Å². The molecule has 0 aromatic heterocycles. The Bertz CT molecular complexity index is 248. The highest BCUT2D eigenvalue weighted by Gasteiger charge is 2.15. The van der Waals surface area contributed by atoms with E-state index in [0.717, 1.165) is 12.8 Å². The molecule has 0 N–H and O–H groups in total. The standard InChI is InChI=1S/C10H15NO3/c1-2-14-10(13)6-8-11-7-4-3-5-9(11)12/h6,8H,2-5,7H2,1H3/b8-6+. The fourth-order valence-corrected chi connectivity index (χ4v) is 1.33. The first-order valence-corrected chi connectivity index (χ1v) is 4.88. The van der Waals surface area contributed by atoms with Crippen LogP contribution < -0.4 is 0 Å². The zero-order valence-electron chi connectivity index (χ0n) is 8.36. The van der Waals surface area contributed by atoms with E-state index in [1.54, 1.807) is 11.8 Å². The molecule has 1 aliphatic heterocycles. The van der Waals surface area contributed by atoms with Gasteiger partial charge in [0.05, 0.1) is 6.61 Å². The summed E-state index contributed by atoms with van der Waals surface area (Å²) in [6, 6.07) is 0. The molecule has 0 aliphatic carbocycles. The van der Waals surface area contributed by atoms with Gasteiger partial charge in [-0.2, -0.15) is 0 Å². The number of ether oxygens (including phenoxy) is 1. The number of carbonyl (C=O) groups is 2. The van der Waals surface area contributed by atoms with Crippen LogP contribution in [0, 0.1) is 0 Å². The zero-order valence-corrected chi connectivity index (χ0v) is 8.36. The minimum atomic E-state index is -0.397. The van der Waals surface area contributed by atoms with E-state index in [1.807, 2.05) is 0 Å². The Labute approximate surface area is 83.5 Å². The number of esters is 1. The van der Waals surface area contributed by atoms with Crippen LogP contribution in [-0.4, -0.2) is 29.9 Å². The quantitative estimate of drug-likeness (QED) is 0.502. The number of amides is 1. The lowest BCUT2D eigenvalue weighted by Gasteiger charge is -2.22. The van der Waals surface area contributed by atoms with E-state index in [0.29, 0.717) is 19.6 Å². The molecule has 4 nitrogen and oxygen atoms in total. The van der Waals surface area contributed by atoms with E-state index >= 15 is 0 Å². The molecule has 1 rings (SSSR count). The number of hydrogen-bond acceptors (Lipinski definition) is 3. The normalized spacial score (nSPS) is 17.5. The fraction of sp³-hybridized carbons (Fsp3) is 0.600. The molecule has 0 aromatic carbocycles. The Hall–Kier alpha value is -1.32. The maximum absolute atomic E-state index is 11.3. The second kappa shape index (κ2) is 5.42. The highest BCUT2D eigenvalue weighted by molar-refractivity contribution is 5.83. The SMILES string of the molecule is CCOC(=O)/C=C/N1CCCCC1=O. The third-order valence-electron chi connectivity index (χ3n) is 2.04. The maximum Gasteiger partial charge on any atom is 0.332 e. The molecule has 1 aliphatic rings. The Balaban J connectivity index is 2.41. The van der Waals surface area contributed by atoms with Crippen LogP contribution in [0.2, 0.25) is 0 Å². The molecule has 1 heterocycles. The number of likely N-dealkylation sites (tertiary alicyclic amines) is 1. The van der Waals surface area contributed by atoms with Crippen LogP contribution >= 0.6 is 0 Å². The smallest absolute Gasteiger partial charge is 0.332 e.